The molecule has 0 aliphatic rings. The van der Waals surface area contributed by atoms with E-state index in [0.29, 0.717) is 0 Å². The van der Waals surface area contributed by atoms with E-state index < -0.39 is 27.0 Å². The Kier molecular flexibility index (Phi) is 4.03. The summed E-state index contributed by atoms with van der Waals surface area (Å²) in [4.78, 5) is -0.0629. The molecule has 0 heterocycles. The average Bonchev–Trinajstić information content (AvgIpc) is 2.17. The van der Waals surface area contributed by atoms with Crippen LogP contribution in [0.15, 0.2) is 35.2 Å². The molecule has 0 atom stereocenters. The number of hydrogen-bond acceptors (Lipinski definition) is 6. The van der Waals surface area contributed by atoms with Crippen molar-refractivity contribution in [3.8, 4) is 0 Å². The smallest absolute Gasteiger partial charge is 0.240 e. The lowest BCUT2D eigenvalue weighted by atomic mass is 10.4. The molecule has 0 fully saturated rings. The van der Waals surface area contributed by atoms with Gasteiger partial charge in [-0.05, 0) is 12.1 Å². The average molecular weight is 266 g/mol. The highest BCUT2D eigenvalue weighted by Gasteiger charge is 2.15. The van der Waals surface area contributed by atoms with Gasteiger partial charge in [-0.15, -0.1) is 0 Å². The normalized spacial score (nSPS) is 12.6. The molecule has 0 N–H and O–H groups in total. The molecule has 0 saturated heterocycles. The van der Waals surface area contributed by atoms with Gasteiger partial charge >= 0.3 is 0 Å². The van der Waals surface area contributed by atoms with E-state index in [4.69, 9.17) is 0 Å². The molecule has 0 aromatic heterocycles. The van der Waals surface area contributed by atoms with E-state index in [1.165, 1.54) is 24.3 Å². The highest BCUT2D eigenvalue weighted by molar-refractivity contribution is 7.87. The van der Waals surface area contributed by atoms with Gasteiger partial charge in [-0.3, -0.25) is 0 Å². The topological polar surface area (TPSA) is 86.7 Å². The van der Waals surface area contributed by atoms with Crippen LogP contribution >= 0.6 is 0 Å². The van der Waals surface area contributed by atoms with Gasteiger partial charge in [0.05, 0.1) is 11.2 Å². The van der Waals surface area contributed by atoms with E-state index in [9.17, 15) is 16.8 Å². The molecule has 0 radical (unpaired) electrons. The van der Waals surface area contributed by atoms with Crippen molar-refractivity contribution in [3.63, 3.8) is 0 Å². The zero-order valence-electron chi connectivity index (χ0n) is 8.36. The Balaban J connectivity index is 2.68. The van der Waals surface area contributed by atoms with Crippen LogP contribution in [0.3, 0.4) is 0 Å². The molecule has 0 spiro atoms. The quantitative estimate of drug-likeness (QED) is 0.563. The molecule has 8 heteroatoms. The number of hydrogen-bond donors (Lipinski definition) is 0. The molecule has 16 heavy (non-hydrogen) atoms. The van der Waals surface area contributed by atoms with Crippen LogP contribution in [0, 0.1) is 0 Å². The Labute approximate surface area is 94.1 Å². The van der Waals surface area contributed by atoms with E-state index in [1.807, 2.05) is 0 Å². The first kappa shape index (κ1) is 13.1. The Hall–Kier alpha value is -0.960. The van der Waals surface area contributed by atoms with Gasteiger partial charge in [-0.1, -0.05) is 18.2 Å². The number of rotatable bonds is 5. The van der Waals surface area contributed by atoms with Gasteiger partial charge in [0.25, 0.3) is 20.2 Å². The minimum absolute atomic E-state index is 0.0629. The molecular formula is C8H10O6S2. The first-order valence-electron chi connectivity index (χ1n) is 4.10. The molecule has 0 aliphatic carbocycles. The minimum atomic E-state index is -3.97. The van der Waals surface area contributed by atoms with Crippen LogP contribution in [0.25, 0.3) is 0 Å². The van der Waals surface area contributed by atoms with Crippen molar-refractivity contribution in [1.29, 1.82) is 0 Å². The third-order valence-corrected chi connectivity index (χ3v) is 3.28. The van der Waals surface area contributed by atoms with Crippen LogP contribution in [0.4, 0.5) is 0 Å². The Morgan fingerprint density at radius 2 is 1.56 bits per heavy atom. The predicted molar refractivity (Wildman–Crippen MR) is 55.5 cm³/mol. The van der Waals surface area contributed by atoms with E-state index >= 15 is 0 Å². The van der Waals surface area contributed by atoms with Gasteiger partial charge in [0, 0.05) is 0 Å². The van der Waals surface area contributed by atoms with E-state index in [0.717, 1.165) is 6.26 Å². The third-order valence-electron chi connectivity index (χ3n) is 1.50. The van der Waals surface area contributed by atoms with Crippen molar-refractivity contribution in [1.82, 2.24) is 0 Å². The summed E-state index contributed by atoms with van der Waals surface area (Å²) in [5, 5.41) is 0. The SMILES string of the molecule is CS(=O)(=O)OCOS(=O)(=O)c1ccccc1. The highest BCUT2D eigenvalue weighted by atomic mass is 32.2. The standard InChI is InChI=1S/C8H10O6S2/c1-15(9,10)13-7-14-16(11,12)8-5-3-2-4-6-8/h2-6H,7H2,1H3. The largest absolute Gasteiger partial charge is 0.299 e. The second-order valence-corrected chi connectivity index (χ2v) is 6.08. The first-order valence-corrected chi connectivity index (χ1v) is 7.33. The lowest BCUT2D eigenvalue weighted by Crippen LogP contribution is -2.12. The fourth-order valence-corrected chi connectivity index (χ4v) is 1.91. The Bertz CT molecular complexity index is 531. The Morgan fingerprint density at radius 1 is 1.00 bits per heavy atom. The maximum Gasteiger partial charge on any atom is 0.299 e. The maximum absolute atomic E-state index is 11.4. The molecule has 0 aliphatic heterocycles. The van der Waals surface area contributed by atoms with Crippen LogP contribution in [0.2, 0.25) is 0 Å². The Morgan fingerprint density at radius 3 is 2.06 bits per heavy atom. The van der Waals surface area contributed by atoms with Gasteiger partial charge in [-0.25, -0.2) is 8.37 Å². The van der Waals surface area contributed by atoms with Crippen molar-refractivity contribution in [2.45, 2.75) is 4.90 Å². The minimum Gasteiger partial charge on any atom is -0.240 e. The van der Waals surface area contributed by atoms with Crippen LogP contribution in [0.5, 0.6) is 0 Å². The summed E-state index contributed by atoms with van der Waals surface area (Å²) >= 11 is 0. The highest BCUT2D eigenvalue weighted by Crippen LogP contribution is 2.11. The summed E-state index contributed by atoms with van der Waals surface area (Å²) < 4.78 is 52.5. The fourth-order valence-electron chi connectivity index (χ4n) is 0.826. The van der Waals surface area contributed by atoms with Gasteiger partial charge in [0.2, 0.25) is 0 Å². The molecule has 1 aromatic rings. The molecule has 0 unspecified atom stereocenters. The van der Waals surface area contributed by atoms with E-state index in [1.54, 1.807) is 6.07 Å². The monoisotopic (exact) mass is 266 g/mol. The zero-order valence-corrected chi connectivity index (χ0v) is 9.99. The summed E-state index contributed by atoms with van der Waals surface area (Å²) in [7, 11) is -7.69. The molecule has 6 nitrogen and oxygen atoms in total. The second-order valence-electron chi connectivity index (χ2n) is 2.82. The van der Waals surface area contributed by atoms with Crippen LogP contribution in [-0.2, 0) is 28.6 Å². The first-order chi connectivity index (χ1) is 7.31. The summed E-state index contributed by atoms with van der Waals surface area (Å²) in [5.74, 6) is 0. The lowest BCUT2D eigenvalue weighted by molar-refractivity contribution is 0.133. The van der Waals surface area contributed by atoms with Crippen LogP contribution < -0.4 is 0 Å². The number of benzene rings is 1. The van der Waals surface area contributed by atoms with Gasteiger partial charge in [0.1, 0.15) is 0 Å². The van der Waals surface area contributed by atoms with E-state index in [-0.39, 0.29) is 4.90 Å². The van der Waals surface area contributed by atoms with Gasteiger partial charge in [-0.2, -0.15) is 16.8 Å². The molecule has 0 saturated carbocycles. The predicted octanol–water partition coefficient (Wildman–Crippen LogP) is 0.326. The van der Waals surface area contributed by atoms with Crippen molar-refractivity contribution in [3.05, 3.63) is 30.3 Å². The molecule has 1 aromatic carbocycles. The van der Waals surface area contributed by atoms with Crippen molar-refractivity contribution >= 4 is 20.2 Å². The molecule has 0 amide bonds. The third kappa shape index (κ3) is 4.27. The summed E-state index contributed by atoms with van der Waals surface area (Å²) in [6, 6.07) is 7.35. The zero-order chi connectivity index (χ0) is 12.2. The van der Waals surface area contributed by atoms with Crippen molar-refractivity contribution in [2.75, 3.05) is 13.0 Å². The maximum atomic E-state index is 11.4. The molecule has 90 valence electrons. The molecule has 1 rings (SSSR count). The van der Waals surface area contributed by atoms with Gasteiger partial charge < -0.3 is 0 Å². The van der Waals surface area contributed by atoms with Gasteiger partial charge in [0.15, 0.2) is 6.79 Å². The summed E-state index contributed by atoms with van der Waals surface area (Å²) in [6.07, 6.45) is 0.797. The van der Waals surface area contributed by atoms with E-state index in [2.05, 4.69) is 8.37 Å². The van der Waals surface area contributed by atoms with Crippen molar-refractivity contribution < 1.29 is 25.2 Å². The summed E-state index contributed by atoms with van der Waals surface area (Å²) in [6.45, 7) is -0.865. The van der Waals surface area contributed by atoms with Crippen LogP contribution in [-0.4, -0.2) is 29.9 Å². The van der Waals surface area contributed by atoms with Crippen molar-refractivity contribution in [2.24, 2.45) is 0 Å². The second kappa shape index (κ2) is 4.91. The molecule has 0 bridgehead atoms. The fraction of sp³-hybridized carbons (Fsp3) is 0.250. The van der Waals surface area contributed by atoms with Crippen LogP contribution in [0.1, 0.15) is 0 Å². The lowest BCUT2D eigenvalue weighted by Gasteiger charge is -2.04. The molecular weight excluding hydrogens is 256 g/mol. The summed E-state index contributed by atoms with van der Waals surface area (Å²) in [5.41, 5.74) is 0.